The molecule has 4 heteroatoms. The number of aliphatic hydroxyl groups excluding tert-OH is 1. The summed E-state index contributed by atoms with van der Waals surface area (Å²) in [6.07, 6.45) is -1.37. The van der Waals surface area contributed by atoms with Gasteiger partial charge in [0.05, 0.1) is 0 Å². The topological polar surface area (TPSA) is 20.2 Å². The predicted octanol–water partition coefficient (Wildman–Crippen LogP) is 4.34. The minimum atomic E-state index is -1.37. The Kier molecular flexibility index (Phi) is 3.39. The molecule has 1 atom stereocenters. The van der Waals surface area contributed by atoms with Gasteiger partial charge in [-0.05, 0) is 23.1 Å². The summed E-state index contributed by atoms with van der Waals surface area (Å²) in [5.41, 5.74) is 0.156. The van der Waals surface area contributed by atoms with Crippen molar-refractivity contribution in [3.63, 3.8) is 0 Å². The molecule has 21 heavy (non-hydrogen) atoms. The maximum atomic E-state index is 13.8. The lowest BCUT2D eigenvalue weighted by Crippen LogP contribution is -2.05. The van der Waals surface area contributed by atoms with Crippen LogP contribution < -0.4 is 0 Å². The number of aliphatic hydroxyl groups is 1. The van der Waals surface area contributed by atoms with Gasteiger partial charge >= 0.3 is 0 Å². The fourth-order valence-electron chi connectivity index (χ4n) is 2.42. The van der Waals surface area contributed by atoms with E-state index >= 15 is 0 Å². The van der Waals surface area contributed by atoms with Gasteiger partial charge in [0.25, 0.3) is 0 Å². The molecule has 0 aromatic heterocycles. The van der Waals surface area contributed by atoms with Crippen LogP contribution in [0.1, 0.15) is 17.2 Å². The Morgan fingerprint density at radius 2 is 1.38 bits per heavy atom. The van der Waals surface area contributed by atoms with E-state index in [1.807, 2.05) is 0 Å². The molecule has 3 rings (SSSR count). The van der Waals surface area contributed by atoms with E-state index < -0.39 is 23.6 Å². The maximum absolute atomic E-state index is 13.8. The number of halogens is 3. The van der Waals surface area contributed by atoms with E-state index in [0.29, 0.717) is 16.3 Å². The van der Waals surface area contributed by atoms with Crippen molar-refractivity contribution in [3.05, 3.63) is 83.2 Å². The van der Waals surface area contributed by atoms with Gasteiger partial charge in [0.2, 0.25) is 0 Å². The second-order valence-electron chi connectivity index (χ2n) is 4.73. The van der Waals surface area contributed by atoms with Gasteiger partial charge < -0.3 is 5.11 Å². The molecular formula is C17H11F3O. The van der Waals surface area contributed by atoms with Crippen LogP contribution in [0, 0.1) is 17.5 Å². The smallest absolute Gasteiger partial charge is 0.164 e. The molecule has 0 spiro atoms. The Morgan fingerprint density at radius 1 is 0.667 bits per heavy atom. The Hall–Kier alpha value is -2.33. The Morgan fingerprint density at radius 3 is 2.14 bits per heavy atom. The zero-order valence-corrected chi connectivity index (χ0v) is 10.9. The van der Waals surface area contributed by atoms with Crippen LogP contribution in [0.4, 0.5) is 13.2 Å². The molecule has 0 heterocycles. The van der Waals surface area contributed by atoms with Crippen LogP contribution in [0.3, 0.4) is 0 Å². The predicted molar refractivity (Wildman–Crippen MR) is 74.3 cm³/mol. The highest BCUT2D eigenvalue weighted by molar-refractivity contribution is 5.87. The second kappa shape index (κ2) is 5.22. The highest BCUT2D eigenvalue weighted by Crippen LogP contribution is 2.31. The number of rotatable bonds is 2. The van der Waals surface area contributed by atoms with Gasteiger partial charge in [-0.3, -0.25) is 0 Å². The van der Waals surface area contributed by atoms with Gasteiger partial charge in [-0.25, -0.2) is 13.2 Å². The summed E-state index contributed by atoms with van der Waals surface area (Å²) in [5.74, 6) is -2.56. The average molecular weight is 288 g/mol. The van der Waals surface area contributed by atoms with E-state index in [2.05, 4.69) is 0 Å². The molecule has 3 aromatic carbocycles. The minimum absolute atomic E-state index is 0.174. The van der Waals surface area contributed by atoms with Crippen molar-refractivity contribution in [2.45, 2.75) is 6.10 Å². The van der Waals surface area contributed by atoms with Crippen LogP contribution >= 0.6 is 0 Å². The summed E-state index contributed by atoms with van der Waals surface area (Å²) in [4.78, 5) is 0. The third-order valence-corrected chi connectivity index (χ3v) is 3.48. The number of fused-ring (bicyclic) bond motifs is 1. The Balaban J connectivity index is 2.21. The molecule has 0 aliphatic rings. The molecule has 0 bridgehead atoms. The van der Waals surface area contributed by atoms with Crippen LogP contribution in [0.2, 0.25) is 0 Å². The summed E-state index contributed by atoms with van der Waals surface area (Å²) in [5, 5.41) is 11.1. The molecular weight excluding hydrogens is 277 g/mol. The fraction of sp³-hybridized carbons (Fsp3) is 0.0588. The van der Waals surface area contributed by atoms with Crippen molar-refractivity contribution in [2.75, 3.05) is 0 Å². The molecule has 3 aromatic rings. The Bertz CT molecular complexity index is 814. The molecule has 0 fully saturated rings. The zero-order valence-electron chi connectivity index (χ0n) is 10.9. The monoisotopic (exact) mass is 288 g/mol. The Labute approximate surface area is 119 Å². The molecule has 106 valence electrons. The number of hydrogen-bond donors (Lipinski definition) is 1. The summed E-state index contributed by atoms with van der Waals surface area (Å²) >= 11 is 0. The number of benzene rings is 3. The molecule has 0 radical (unpaired) electrons. The van der Waals surface area contributed by atoms with Crippen molar-refractivity contribution in [2.24, 2.45) is 0 Å². The lowest BCUT2D eigenvalue weighted by Gasteiger charge is -2.15. The lowest BCUT2D eigenvalue weighted by atomic mass is 9.95. The standard InChI is InChI=1S/C17H11F3O/c18-14-9-8-12(10-4-1-2-5-11(10)14)17(21)13-6-3-7-15(19)16(13)20/h1-9,17,21H. The molecule has 0 saturated carbocycles. The van der Waals surface area contributed by atoms with Gasteiger partial charge in [-0.1, -0.05) is 42.5 Å². The molecule has 0 saturated heterocycles. The average Bonchev–Trinajstić information content (AvgIpc) is 2.50. The van der Waals surface area contributed by atoms with E-state index in [1.165, 1.54) is 24.3 Å². The van der Waals surface area contributed by atoms with E-state index in [-0.39, 0.29) is 5.56 Å². The van der Waals surface area contributed by atoms with E-state index in [0.717, 1.165) is 6.07 Å². The molecule has 1 unspecified atom stereocenters. The highest BCUT2D eigenvalue weighted by atomic mass is 19.2. The zero-order chi connectivity index (χ0) is 15.0. The van der Waals surface area contributed by atoms with Crippen molar-refractivity contribution in [1.29, 1.82) is 0 Å². The molecule has 0 aliphatic carbocycles. The summed E-state index contributed by atoms with van der Waals surface area (Å²) in [6, 6.07) is 12.8. The third kappa shape index (κ3) is 2.28. The van der Waals surface area contributed by atoms with Crippen LogP contribution in [-0.2, 0) is 0 Å². The van der Waals surface area contributed by atoms with Crippen LogP contribution in [0.15, 0.2) is 54.6 Å². The van der Waals surface area contributed by atoms with Crippen molar-refractivity contribution in [1.82, 2.24) is 0 Å². The van der Waals surface area contributed by atoms with Gasteiger partial charge in [-0.2, -0.15) is 0 Å². The summed E-state index contributed by atoms with van der Waals surface area (Å²) in [6.45, 7) is 0. The first-order valence-corrected chi connectivity index (χ1v) is 6.38. The first kappa shape index (κ1) is 13.6. The van der Waals surface area contributed by atoms with E-state index in [1.54, 1.807) is 24.3 Å². The van der Waals surface area contributed by atoms with Gasteiger partial charge in [-0.15, -0.1) is 0 Å². The largest absolute Gasteiger partial charge is 0.384 e. The van der Waals surface area contributed by atoms with Crippen LogP contribution in [-0.4, -0.2) is 5.11 Å². The van der Waals surface area contributed by atoms with Crippen LogP contribution in [0.5, 0.6) is 0 Å². The van der Waals surface area contributed by atoms with E-state index in [4.69, 9.17) is 0 Å². The van der Waals surface area contributed by atoms with Gasteiger partial charge in [0.1, 0.15) is 11.9 Å². The third-order valence-electron chi connectivity index (χ3n) is 3.48. The van der Waals surface area contributed by atoms with Crippen molar-refractivity contribution in [3.8, 4) is 0 Å². The maximum Gasteiger partial charge on any atom is 0.164 e. The van der Waals surface area contributed by atoms with Crippen molar-refractivity contribution >= 4 is 10.8 Å². The molecule has 1 nitrogen and oxygen atoms in total. The molecule has 1 N–H and O–H groups in total. The lowest BCUT2D eigenvalue weighted by molar-refractivity contribution is 0.215. The fourth-order valence-corrected chi connectivity index (χ4v) is 2.42. The summed E-state index contributed by atoms with van der Waals surface area (Å²) in [7, 11) is 0. The molecule has 0 amide bonds. The van der Waals surface area contributed by atoms with Gasteiger partial charge in [0.15, 0.2) is 11.6 Å². The quantitative estimate of drug-likeness (QED) is 0.743. The number of hydrogen-bond acceptors (Lipinski definition) is 1. The van der Waals surface area contributed by atoms with Crippen LogP contribution in [0.25, 0.3) is 10.8 Å². The normalized spacial score (nSPS) is 12.6. The minimum Gasteiger partial charge on any atom is -0.384 e. The highest BCUT2D eigenvalue weighted by Gasteiger charge is 2.20. The SMILES string of the molecule is OC(c1cccc(F)c1F)c1ccc(F)c2ccccc12. The first-order valence-electron chi connectivity index (χ1n) is 6.38. The van der Waals surface area contributed by atoms with Crippen molar-refractivity contribution < 1.29 is 18.3 Å². The molecule has 0 aliphatic heterocycles. The first-order chi connectivity index (χ1) is 10.1. The second-order valence-corrected chi connectivity index (χ2v) is 4.73. The summed E-state index contributed by atoms with van der Waals surface area (Å²) < 4.78 is 40.9. The van der Waals surface area contributed by atoms with E-state index in [9.17, 15) is 18.3 Å². The van der Waals surface area contributed by atoms with Gasteiger partial charge in [0, 0.05) is 10.9 Å².